The first-order valence-electron chi connectivity index (χ1n) is 15.5. The highest BCUT2D eigenvalue weighted by molar-refractivity contribution is 6.24. The van der Waals surface area contributed by atoms with Gasteiger partial charge in [0.15, 0.2) is 9.63 Å². The van der Waals surface area contributed by atoms with E-state index in [0.29, 0.717) is 18.1 Å². The topological polar surface area (TPSA) is 43.4 Å². The van der Waals surface area contributed by atoms with Crippen LogP contribution in [0.25, 0.3) is 0 Å². The molecule has 0 radical (unpaired) electrons. The monoisotopic (exact) mass is 503 g/mol. The zero-order valence-electron chi connectivity index (χ0n) is 29.8. The predicted molar refractivity (Wildman–Crippen MR) is 153 cm³/mol. The molecule has 3 aromatic rings. The van der Waals surface area contributed by atoms with E-state index in [1.807, 2.05) is 36.4 Å². The molecule has 0 amide bonds. The van der Waals surface area contributed by atoms with Crippen LogP contribution >= 0.6 is 0 Å². The third kappa shape index (κ3) is 11.5. The van der Waals surface area contributed by atoms with Crippen molar-refractivity contribution >= 4 is 31.2 Å². The van der Waals surface area contributed by atoms with Crippen LogP contribution in [-0.4, -0.2) is 44.5 Å². The van der Waals surface area contributed by atoms with Crippen LogP contribution in [0.2, 0.25) is 13.1 Å². The van der Waals surface area contributed by atoms with E-state index in [4.69, 9.17) is 11.7 Å². The summed E-state index contributed by atoms with van der Waals surface area (Å²) in [5.41, 5.74) is 2.87. The first-order valence-corrected chi connectivity index (χ1v) is 13.2. The zero-order chi connectivity index (χ0) is 33.4. The summed E-state index contributed by atoms with van der Waals surface area (Å²) in [6.07, 6.45) is 0.524. The molecule has 184 valence electrons. The quantitative estimate of drug-likeness (QED) is 0.331. The van der Waals surface area contributed by atoms with Gasteiger partial charge >= 0.3 is 0 Å². The Balaban J connectivity index is 0.000000725. The lowest BCUT2D eigenvalue weighted by Gasteiger charge is -2.31. The summed E-state index contributed by atoms with van der Waals surface area (Å²) in [6, 6.07) is 24.1. The normalized spacial score (nSPS) is 14.3. The highest BCUT2D eigenvalue weighted by Gasteiger charge is 2.30. The van der Waals surface area contributed by atoms with Crippen LogP contribution in [0.5, 0.6) is 0 Å². The van der Waals surface area contributed by atoms with Crippen LogP contribution in [-0.2, 0) is 19.4 Å². The second kappa shape index (κ2) is 18.8. The van der Waals surface area contributed by atoms with E-state index in [1.54, 1.807) is 36.4 Å². The largest absolute Gasteiger partial charge is 0.427 e. The Morgan fingerprint density at radius 2 is 1.24 bits per heavy atom. The summed E-state index contributed by atoms with van der Waals surface area (Å²) in [5, 5.41) is 0. The molecule has 0 fully saturated rings. The first-order chi connectivity index (χ1) is 19.7. The smallest absolute Gasteiger partial charge is 0.157 e. The molecule has 0 aliphatic heterocycles. The van der Waals surface area contributed by atoms with E-state index in [2.05, 4.69) is 11.3 Å². The molecule has 34 heavy (non-hydrogen) atoms. The Morgan fingerprint density at radius 3 is 1.47 bits per heavy atom. The number of rotatable bonds is 7. The lowest BCUT2D eigenvalue weighted by atomic mass is 9.71. The van der Waals surface area contributed by atoms with Gasteiger partial charge in [-0.3, -0.25) is 0 Å². The van der Waals surface area contributed by atoms with Gasteiger partial charge in [-0.05, 0) is 47.5 Å². The average molecular weight is 504 g/mol. The Morgan fingerprint density at radius 1 is 0.941 bits per heavy atom. The molecule has 0 aliphatic carbocycles. The molecule has 3 aromatic carbocycles. The maximum Gasteiger partial charge on any atom is 0.157 e. The lowest BCUT2D eigenvalue weighted by molar-refractivity contribution is -0.122. The van der Waals surface area contributed by atoms with E-state index in [-0.39, 0.29) is 31.3 Å². The highest BCUT2D eigenvalue weighted by Crippen LogP contribution is 2.38. The van der Waals surface area contributed by atoms with Gasteiger partial charge in [0.05, 0.1) is 4.11 Å². The van der Waals surface area contributed by atoms with Crippen LogP contribution in [0.4, 0.5) is 0 Å². The molecule has 0 saturated carbocycles. The molecule has 3 rings (SSSR count). The number of carbonyl (C=O) groups excluding carboxylic acids is 2. The number of carbonyl (C=O) groups is 2. The number of hydrogen-bond acceptors (Lipinski definition) is 3. The first kappa shape index (κ1) is 18.7. The summed E-state index contributed by atoms with van der Waals surface area (Å²) in [6.45, 7) is 6.20. The maximum atomic E-state index is 10.4. The van der Waals surface area contributed by atoms with E-state index < -0.39 is 25.1 Å². The second-order valence-electron chi connectivity index (χ2n) is 7.14. The van der Waals surface area contributed by atoms with Crippen LogP contribution in [0.1, 0.15) is 55.8 Å². The molecule has 0 atom stereocenters. The van der Waals surface area contributed by atoms with Crippen molar-refractivity contribution in [3.05, 3.63) is 108 Å². The van der Waals surface area contributed by atoms with Crippen molar-refractivity contribution in [1.29, 1.82) is 6.17 Å². The molecule has 0 N–H and O–H groups in total. The Hall–Kier alpha value is -2.61. The van der Waals surface area contributed by atoms with Crippen molar-refractivity contribution in [2.45, 2.75) is 52.1 Å². The van der Waals surface area contributed by atoms with Crippen molar-refractivity contribution in [3.8, 4) is 0 Å². The van der Waals surface area contributed by atoms with Crippen molar-refractivity contribution in [2.24, 2.45) is 0 Å². The summed E-state index contributed by atoms with van der Waals surface area (Å²) in [7, 11) is -4.10. The van der Waals surface area contributed by atoms with Gasteiger partial charge in [-0.25, -0.2) is 0 Å². The minimum Gasteiger partial charge on any atom is -0.427 e. The fraction of sp³-hybridized carbons (Fsp3) is 0.310. The third-order valence-corrected chi connectivity index (χ3v) is 5.26. The summed E-state index contributed by atoms with van der Waals surface area (Å²) in [4.78, 5) is 20.6. The van der Waals surface area contributed by atoms with E-state index in [0.717, 1.165) is 16.7 Å². The Labute approximate surface area is 224 Å². The second-order valence-corrected chi connectivity index (χ2v) is 7.96. The van der Waals surface area contributed by atoms with Gasteiger partial charge in [-0.2, -0.15) is 0 Å². The van der Waals surface area contributed by atoms with Gasteiger partial charge in [0.1, 0.15) is 11.6 Å². The average Bonchev–Trinajstić information content (AvgIpc) is 2.92. The molecular formula is C29H42O3Si2. The van der Waals surface area contributed by atoms with Crippen LogP contribution < -0.4 is 0 Å². The molecule has 0 spiro atoms. The SMILES string of the molecule is [2H]CC(=O)CCC(C)=O.[2H][Si]([2H])(C)OC.[2H][Si]([2H])([2H])C.[2H]c1ccc(C(C)(c2ccc([2H])cc2)c2ccc([2H])cc2)cc1. The van der Waals surface area contributed by atoms with Gasteiger partial charge in [-0.15, -0.1) is 0 Å². The van der Waals surface area contributed by atoms with Crippen molar-refractivity contribution < 1.29 is 19.5 Å². The predicted octanol–water partition coefficient (Wildman–Crippen LogP) is 5.15. The van der Waals surface area contributed by atoms with Gasteiger partial charge in [0.25, 0.3) is 0 Å². The van der Waals surface area contributed by atoms with E-state index in [9.17, 15) is 9.59 Å². The van der Waals surface area contributed by atoms with Crippen LogP contribution in [0, 0.1) is 0 Å². The van der Waals surface area contributed by atoms with Gasteiger partial charge in [-0.1, -0.05) is 104 Å². The molecule has 0 aromatic heterocycles. The molecule has 0 heterocycles. The minimum absolute atomic E-state index is 0.0109. The molecule has 0 aliphatic rings. The molecule has 0 saturated heterocycles. The maximum absolute atomic E-state index is 10.4. The number of Topliss-reactive ketones (excluding diaryl/α,β-unsaturated/α-hetero) is 2. The van der Waals surface area contributed by atoms with E-state index >= 15 is 0 Å². The van der Waals surface area contributed by atoms with Crippen LogP contribution in [0.3, 0.4) is 0 Å². The lowest BCUT2D eigenvalue weighted by Crippen LogP contribution is -2.25. The Kier molecular flexibility index (Phi) is 10.3. The molecule has 5 heteroatoms. The van der Waals surface area contributed by atoms with Crippen molar-refractivity contribution in [1.82, 2.24) is 0 Å². The minimum atomic E-state index is -2.86. The molecule has 0 unspecified atom stereocenters. The highest BCUT2D eigenvalue weighted by atomic mass is 28.2. The summed E-state index contributed by atoms with van der Waals surface area (Å²) >= 11 is 0. The fourth-order valence-corrected chi connectivity index (χ4v) is 2.98. The standard InChI is InChI=1S/C20H18.C6H10O2.C2H8OSi.CH6Si/c1-20(17-11-5-2-6-12-17,18-13-7-3-8-14-18)19-15-9-4-10-16-19;1-5(7)3-4-6(2)8;1-3-4-2;1-2/h2-16H,1H3;3-4H2,1-2H3;4H2,1-2H3;1-2H3/i2D,3D,4D;1D;4D2;2D3. The third-order valence-electron chi connectivity index (χ3n) is 4.85. The zero-order valence-corrected chi connectivity index (χ0v) is 22.8. The Bertz CT molecular complexity index is 1130. The molecule has 3 nitrogen and oxygen atoms in total. The molecular weight excluding hydrogens is 452 g/mol. The van der Waals surface area contributed by atoms with Crippen LogP contribution in [0.15, 0.2) is 90.9 Å². The van der Waals surface area contributed by atoms with E-state index in [1.165, 1.54) is 27.1 Å². The number of benzene rings is 3. The molecule has 0 bridgehead atoms. The summed E-state index contributed by atoms with van der Waals surface area (Å²) < 4.78 is 66.9. The van der Waals surface area contributed by atoms with Crippen molar-refractivity contribution in [2.75, 3.05) is 7.11 Å². The van der Waals surface area contributed by atoms with Gasteiger partial charge < -0.3 is 14.0 Å². The number of hydrogen-bond donors (Lipinski definition) is 0. The summed E-state index contributed by atoms with van der Waals surface area (Å²) in [5.74, 6) is -0.151. The van der Waals surface area contributed by atoms with Crippen molar-refractivity contribution in [3.63, 3.8) is 0 Å². The number of ketones is 2. The van der Waals surface area contributed by atoms with Gasteiger partial charge in [0.2, 0.25) is 0 Å². The van der Waals surface area contributed by atoms with Gasteiger partial charge in [0, 0.05) is 32.9 Å². The fourth-order valence-electron chi connectivity index (χ4n) is 2.98.